The smallest absolute Gasteiger partial charge is 0.418 e. The number of pyridine rings is 1. The van der Waals surface area contributed by atoms with Crippen molar-refractivity contribution in [1.29, 1.82) is 0 Å². The molecule has 5 rings (SSSR count). The Labute approximate surface area is 227 Å². The standard InChI is InChI=1S/C31H21ClF3NO3/c32-26-14-13-22(16-27(26)39-18-20-11-9-19(10-12-20)15-28(37)38)29-23-7-4-8-25(31(33,34)35)30(23)36-17-24(29)21-5-2-1-3-6-21/h1-14,16-17H,15,18H2,(H,37,38). The summed E-state index contributed by atoms with van der Waals surface area (Å²) in [7, 11) is 0. The summed E-state index contributed by atoms with van der Waals surface area (Å²) < 4.78 is 47.5. The van der Waals surface area contributed by atoms with Crippen LogP contribution in [0.25, 0.3) is 33.2 Å². The first kappa shape index (κ1) is 26.3. The quantitative estimate of drug-likeness (QED) is 0.222. The Morgan fingerprint density at radius 1 is 0.872 bits per heavy atom. The molecule has 0 aliphatic carbocycles. The summed E-state index contributed by atoms with van der Waals surface area (Å²) in [6.07, 6.45) is -3.17. The van der Waals surface area contributed by atoms with Crippen LogP contribution in [-0.4, -0.2) is 16.1 Å². The van der Waals surface area contributed by atoms with Crippen molar-refractivity contribution < 1.29 is 27.8 Å². The lowest BCUT2D eigenvalue weighted by Gasteiger charge is -2.17. The highest BCUT2D eigenvalue weighted by atomic mass is 35.5. The van der Waals surface area contributed by atoms with Gasteiger partial charge in [-0.05, 0) is 40.5 Å². The Hall–Kier alpha value is -4.36. The minimum absolute atomic E-state index is 0.0747. The minimum atomic E-state index is -4.56. The fourth-order valence-electron chi connectivity index (χ4n) is 4.46. The van der Waals surface area contributed by atoms with Crippen molar-refractivity contribution in [3.05, 3.63) is 119 Å². The summed E-state index contributed by atoms with van der Waals surface area (Å²) in [5.41, 5.74) is 3.20. The Morgan fingerprint density at radius 3 is 2.28 bits per heavy atom. The average molecular weight is 548 g/mol. The lowest BCUT2D eigenvalue weighted by Crippen LogP contribution is -2.07. The van der Waals surface area contributed by atoms with Gasteiger partial charge in [0.25, 0.3) is 0 Å². The fourth-order valence-corrected chi connectivity index (χ4v) is 4.63. The number of carbonyl (C=O) groups is 1. The van der Waals surface area contributed by atoms with Gasteiger partial charge < -0.3 is 9.84 Å². The molecule has 0 radical (unpaired) electrons. The number of ether oxygens (including phenoxy) is 1. The van der Waals surface area contributed by atoms with Crippen molar-refractivity contribution in [1.82, 2.24) is 4.98 Å². The number of benzene rings is 4. The third-order valence-corrected chi connectivity index (χ3v) is 6.59. The van der Waals surface area contributed by atoms with Crippen LogP contribution in [0.1, 0.15) is 16.7 Å². The molecule has 0 atom stereocenters. The van der Waals surface area contributed by atoms with Crippen LogP contribution in [0.4, 0.5) is 13.2 Å². The highest BCUT2D eigenvalue weighted by Crippen LogP contribution is 2.43. The molecular weight excluding hydrogens is 527 g/mol. The zero-order chi connectivity index (χ0) is 27.6. The summed E-state index contributed by atoms with van der Waals surface area (Å²) in [4.78, 5) is 15.2. The predicted molar refractivity (Wildman–Crippen MR) is 145 cm³/mol. The number of carboxylic acid groups (broad SMARTS) is 1. The van der Waals surface area contributed by atoms with Crippen molar-refractivity contribution >= 4 is 28.5 Å². The molecular formula is C31H21ClF3NO3. The monoisotopic (exact) mass is 547 g/mol. The van der Waals surface area contributed by atoms with E-state index in [9.17, 15) is 18.0 Å². The van der Waals surface area contributed by atoms with E-state index in [1.807, 2.05) is 30.3 Å². The Kier molecular flexibility index (Phi) is 7.26. The third kappa shape index (κ3) is 5.73. The molecule has 39 heavy (non-hydrogen) atoms. The molecule has 196 valence electrons. The van der Waals surface area contributed by atoms with Gasteiger partial charge in [0.15, 0.2) is 0 Å². The molecule has 1 N–H and O–H groups in total. The molecule has 1 aromatic heterocycles. The van der Waals surface area contributed by atoms with Crippen LogP contribution in [0, 0.1) is 0 Å². The van der Waals surface area contributed by atoms with Crippen molar-refractivity contribution in [3.8, 4) is 28.0 Å². The summed E-state index contributed by atoms with van der Waals surface area (Å²) in [5, 5.41) is 9.65. The summed E-state index contributed by atoms with van der Waals surface area (Å²) in [6.45, 7) is 0.164. The van der Waals surface area contributed by atoms with Gasteiger partial charge in [0.2, 0.25) is 0 Å². The van der Waals surface area contributed by atoms with Crippen LogP contribution < -0.4 is 4.74 Å². The number of carboxylic acids is 1. The van der Waals surface area contributed by atoms with Crippen LogP contribution in [-0.2, 0) is 24.0 Å². The number of nitrogens with zero attached hydrogens (tertiary/aromatic N) is 1. The molecule has 5 aromatic rings. The van der Waals surface area contributed by atoms with Gasteiger partial charge in [-0.25, -0.2) is 0 Å². The number of aliphatic carboxylic acids is 1. The van der Waals surface area contributed by atoms with Crippen LogP contribution in [0.5, 0.6) is 5.75 Å². The molecule has 0 saturated carbocycles. The molecule has 4 nitrogen and oxygen atoms in total. The molecule has 0 amide bonds. The highest BCUT2D eigenvalue weighted by molar-refractivity contribution is 6.32. The largest absolute Gasteiger partial charge is 0.487 e. The van der Waals surface area contributed by atoms with Gasteiger partial charge in [0, 0.05) is 22.7 Å². The number of fused-ring (bicyclic) bond motifs is 1. The Bertz CT molecular complexity index is 1650. The molecule has 0 spiro atoms. The van der Waals surface area contributed by atoms with Crippen LogP contribution in [0.3, 0.4) is 0 Å². The molecule has 8 heteroatoms. The Balaban J connectivity index is 1.58. The second-order valence-electron chi connectivity index (χ2n) is 8.93. The van der Waals surface area contributed by atoms with E-state index in [0.29, 0.717) is 38.4 Å². The zero-order valence-corrected chi connectivity index (χ0v) is 21.1. The molecule has 0 unspecified atom stereocenters. The normalized spacial score (nSPS) is 11.5. The topological polar surface area (TPSA) is 59.4 Å². The molecule has 0 aliphatic rings. The van der Waals surface area contributed by atoms with Gasteiger partial charge in [-0.1, -0.05) is 84.4 Å². The van der Waals surface area contributed by atoms with E-state index >= 15 is 0 Å². The van der Waals surface area contributed by atoms with Crippen LogP contribution in [0.2, 0.25) is 5.02 Å². The van der Waals surface area contributed by atoms with Crippen molar-refractivity contribution in [2.75, 3.05) is 0 Å². The molecule has 0 saturated heterocycles. The maximum Gasteiger partial charge on any atom is 0.418 e. The van der Waals surface area contributed by atoms with Gasteiger partial charge >= 0.3 is 12.1 Å². The average Bonchev–Trinajstić information content (AvgIpc) is 2.92. The third-order valence-electron chi connectivity index (χ3n) is 6.28. The molecule has 0 fully saturated rings. The first-order valence-electron chi connectivity index (χ1n) is 12.0. The van der Waals surface area contributed by atoms with Gasteiger partial charge in [0.1, 0.15) is 12.4 Å². The van der Waals surface area contributed by atoms with E-state index in [2.05, 4.69) is 4.98 Å². The number of para-hydroxylation sites is 1. The summed E-state index contributed by atoms with van der Waals surface area (Å²) in [5.74, 6) is -0.553. The van der Waals surface area contributed by atoms with Crippen molar-refractivity contribution in [2.24, 2.45) is 0 Å². The summed E-state index contributed by atoms with van der Waals surface area (Å²) >= 11 is 6.44. The van der Waals surface area contributed by atoms with E-state index in [1.165, 1.54) is 12.3 Å². The second kappa shape index (κ2) is 10.8. The van der Waals surface area contributed by atoms with E-state index in [1.54, 1.807) is 48.5 Å². The molecule has 0 aliphatic heterocycles. The first-order chi connectivity index (χ1) is 18.7. The van der Waals surface area contributed by atoms with Crippen molar-refractivity contribution in [2.45, 2.75) is 19.2 Å². The number of hydrogen-bond donors (Lipinski definition) is 1. The zero-order valence-electron chi connectivity index (χ0n) is 20.4. The molecule has 0 bridgehead atoms. The maximum absolute atomic E-state index is 13.8. The fraction of sp³-hybridized carbons (Fsp3) is 0.0968. The van der Waals surface area contributed by atoms with Crippen LogP contribution >= 0.6 is 11.6 Å². The summed E-state index contributed by atoms with van der Waals surface area (Å²) in [6, 6.07) is 25.5. The number of aromatic nitrogens is 1. The molecule has 4 aromatic carbocycles. The van der Waals surface area contributed by atoms with Gasteiger partial charge in [-0.2, -0.15) is 13.2 Å². The van der Waals surface area contributed by atoms with Gasteiger partial charge in [0.05, 0.1) is 22.5 Å². The lowest BCUT2D eigenvalue weighted by atomic mass is 9.91. The van der Waals surface area contributed by atoms with E-state index in [-0.39, 0.29) is 18.5 Å². The van der Waals surface area contributed by atoms with E-state index in [4.69, 9.17) is 21.4 Å². The SMILES string of the molecule is O=C(O)Cc1ccc(COc2cc(-c3c(-c4ccccc4)cnc4c(C(F)(F)F)cccc34)ccc2Cl)cc1. The minimum Gasteiger partial charge on any atom is -0.487 e. The van der Waals surface area contributed by atoms with Gasteiger partial charge in [-0.3, -0.25) is 9.78 Å². The van der Waals surface area contributed by atoms with E-state index in [0.717, 1.165) is 17.2 Å². The first-order valence-corrected chi connectivity index (χ1v) is 12.3. The Morgan fingerprint density at radius 2 is 1.59 bits per heavy atom. The number of rotatable bonds is 7. The maximum atomic E-state index is 13.8. The van der Waals surface area contributed by atoms with E-state index < -0.39 is 17.7 Å². The van der Waals surface area contributed by atoms with Crippen molar-refractivity contribution in [3.63, 3.8) is 0 Å². The lowest BCUT2D eigenvalue weighted by molar-refractivity contribution is -0.137. The molecule has 1 heterocycles. The van der Waals surface area contributed by atoms with Crippen LogP contribution in [0.15, 0.2) is 97.2 Å². The highest BCUT2D eigenvalue weighted by Gasteiger charge is 2.33. The predicted octanol–water partition coefficient (Wildman–Crippen LogP) is 8.45. The number of hydrogen-bond acceptors (Lipinski definition) is 3. The second-order valence-corrected chi connectivity index (χ2v) is 9.34. The number of halogens is 4. The number of alkyl halides is 3. The van der Waals surface area contributed by atoms with Gasteiger partial charge in [-0.15, -0.1) is 0 Å².